The number of aryl methyl sites for hydroxylation is 1. The molecule has 0 fully saturated rings. The molecule has 8 heteroatoms. The minimum Gasteiger partial charge on any atom is -0.350 e. The predicted molar refractivity (Wildman–Crippen MR) is 137 cm³/mol. The number of halogens is 2. The van der Waals surface area contributed by atoms with Gasteiger partial charge in [-0.3, -0.25) is 9.59 Å². The molecule has 2 N–H and O–H groups in total. The van der Waals surface area contributed by atoms with E-state index in [2.05, 4.69) is 10.6 Å². The SMILES string of the molecule is Cc1ccc(C(=O)N/C(=C\c2cccs2)C(=O)NCCSCc2c(Cl)cccc2Cl)cc1. The molecule has 3 rings (SSSR count). The Bertz CT molecular complexity index is 1080. The molecule has 2 amide bonds. The van der Waals surface area contributed by atoms with E-state index in [0.29, 0.717) is 33.7 Å². The minimum absolute atomic E-state index is 0.206. The number of carbonyl (C=O) groups is 2. The van der Waals surface area contributed by atoms with Crippen molar-refractivity contribution >= 4 is 64.2 Å². The molecule has 166 valence electrons. The summed E-state index contributed by atoms with van der Waals surface area (Å²) in [6.07, 6.45) is 1.68. The van der Waals surface area contributed by atoms with Gasteiger partial charge in [-0.15, -0.1) is 11.3 Å². The maximum Gasteiger partial charge on any atom is 0.267 e. The summed E-state index contributed by atoms with van der Waals surface area (Å²) >= 11 is 15.5. The highest BCUT2D eigenvalue weighted by molar-refractivity contribution is 7.98. The first-order valence-electron chi connectivity index (χ1n) is 9.86. The van der Waals surface area contributed by atoms with Crippen LogP contribution in [-0.4, -0.2) is 24.1 Å². The summed E-state index contributed by atoms with van der Waals surface area (Å²) < 4.78 is 0. The fourth-order valence-corrected chi connectivity index (χ4v) is 5.00. The van der Waals surface area contributed by atoms with Crippen molar-refractivity contribution in [1.29, 1.82) is 0 Å². The lowest BCUT2D eigenvalue weighted by atomic mass is 10.1. The van der Waals surface area contributed by atoms with E-state index in [1.807, 2.05) is 54.8 Å². The summed E-state index contributed by atoms with van der Waals surface area (Å²) in [5, 5.41) is 8.80. The quantitative estimate of drug-likeness (QED) is 0.270. The molecule has 32 heavy (non-hydrogen) atoms. The molecule has 4 nitrogen and oxygen atoms in total. The Labute approximate surface area is 206 Å². The van der Waals surface area contributed by atoms with Gasteiger partial charge in [-0.1, -0.05) is 53.0 Å². The number of carbonyl (C=O) groups excluding carboxylic acids is 2. The van der Waals surface area contributed by atoms with Gasteiger partial charge < -0.3 is 10.6 Å². The topological polar surface area (TPSA) is 58.2 Å². The summed E-state index contributed by atoms with van der Waals surface area (Å²) in [6.45, 7) is 2.39. The van der Waals surface area contributed by atoms with Crippen LogP contribution >= 0.6 is 46.3 Å². The zero-order valence-electron chi connectivity index (χ0n) is 17.4. The summed E-state index contributed by atoms with van der Waals surface area (Å²) in [7, 11) is 0. The van der Waals surface area contributed by atoms with Crippen LogP contribution in [-0.2, 0) is 10.5 Å². The molecule has 1 heterocycles. The number of hydrogen-bond acceptors (Lipinski definition) is 4. The van der Waals surface area contributed by atoms with Crippen molar-refractivity contribution in [1.82, 2.24) is 10.6 Å². The first-order valence-corrected chi connectivity index (χ1v) is 12.6. The molecule has 3 aromatic rings. The van der Waals surface area contributed by atoms with Crippen LogP contribution in [0.15, 0.2) is 65.7 Å². The lowest BCUT2D eigenvalue weighted by Crippen LogP contribution is -2.35. The van der Waals surface area contributed by atoms with Crippen molar-refractivity contribution < 1.29 is 9.59 Å². The summed E-state index contributed by atoms with van der Waals surface area (Å²) in [4.78, 5) is 26.3. The Balaban J connectivity index is 1.58. The second-order valence-corrected chi connectivity index (χ2v) is 9.80. The third-order valence-corrected chi connectivity index (χ3v) is 6.99. The monoisotopic (exact) mass is 504 g/mol. The third kappa shape index (κ3) is 7.14. The molecule has 0 bridgehead atoms. The zero-order valence-corrected chi connectivity index (χ0v) is 20.5. The van der Waals surface area contributed by atoms with Crippen molar-refractivity contribution in [2.45, 2.75) is 12.7 Å². The highest BCUT2D eigenvalue weighted by Crippen LogP contribution is 2.28. The van der Waals surface area contributed by atoms with Crippen LogP contribution in [0.5, 0.6) is 0 Å². The first kappa shape index (κ1) is 24.4. The Morgan fingerprint density at radius 2 is 1.75 bits per heavy atom. The van der Waals surface area contributed by atoms with Crippen LogP contribution in [0.1, 0.15) is 26.4 Å². The lowest BCUT2D eigenvalue weighted by molar-refractivity contribution is -0.117. The normalized spacial score (nSPS) is 11.3. The fraction of sp³-hybridized carbons (Fsp3) is 0.167. The number of nitrogens with one attached hydrogen (secondary N) is 2. The highest BCUT2D eigenvalue weighted by Gasteiger charge is 2.15. The third-order valence-electron chi connectivity index (χ3n) is 4.48. The van der Waals surface area contributed by atoms with E-state index in [-0.39, 0.29) is 17.5 Å². The van der Waals surface area contributed by atoms with Gasteiger partial charge in [0.25, 0.3) is 11.8 Å². The van der Waals surface area contributed by atoms with Crippen molar-refractivity contribution in [2.75, 3.05) is 12.3 Å². The second kappa shape index (κ2) is 12.1. The summed E-state index contributed by atoms with van der Waals surface area (Å²) in [6, 6.07) is 16.4. The molecule has 0 atom stereocenters. The zero-order chi connectivity index (χ0) is 22.9. The number of hydrogen-bond donors (Lipinski definition) is 2. The molecular formula is C24H22Cl2N2O2S2. The van der Waals surface area contributed by atoms with Gasteiger partial charge in [0.15, 0.2) is 0 Å². The number of rotatable bonds is 9. The molecular weight excluding hydrogens is 483 g/mol. The lowest BCUT2D eigenvalue weighted by Gasteiger charge is -2.11. The smallest absolute Gasteiger partial charge is 0.267 e. The second-order valence-electron chi connectivity index (χ2n) is 6.90. The van der Waals surface area contributed by atoms with Crippen molar-refractivity contribution in [2.24, 2.45) is 0 Å². The molecule has 0 radical (unpaired) electrons. The highest BCUT2D eigenvalue weighted by atomic mass is 35.5. The standard InChI is InChI=1S/C24H22Cl2N2O2S2/c1-16-7-9-17(10-8-16)23(29)28-22(14-18-4-3-12-32-18)24(30)27-11-13-31-15-19-20(25)5-2-6-21(19)26/h2-10,12,14H,11,13,15H2,1H3,(H,27,30)(H,28,29)/b22-14-. The Hall–Kier alpha value is -2.25. The van der Waals surface area contributed by atoms with Crippen LogP contribution in [0, 0.1) is 6.92 Å². The van der Waals surface area contributed by atoms with Crippen LogP contribution in [0.2, 0.25) is 10.0 Å². The first-order chi connectivity index (χ1) is 15.4. The molecule has 2 aromatic carbocycles. The van der Waals surface area contributed by atoms with Gasteiger partial charge >= 0.3 is 0 Å². The van der Waals surface area contributed by atoms with E-state index >= 15 is 0 Å². The van der Waals surface area contributed by atoms with Crippen LogP contribution in [0.4, 0.5) is 0 Å². The fourth-order valence-electron chi connectivity index (χ4n) is 2.75. The molecule has 0 aliphatic carbocycles. The summed E-state index contributed by atoms with van der Waals surface area (Å²) in [5.74, 6) is 0.656. The van der Waals surface area contributed by atoms with Crippen LogP contribution in [0.25, 0.3) is 6.08 Å². The minimum atomic E-state index is -0.338. The molecule has 0 spiro atoms. The molecule has 0 saturated carbocycles. The summed E-state index contributed by atoms with van der Waals surface area (Å²) in [5.41, 5.74) is 2.64. The van der Waals surface area contributed by atoms with E-state index in [4.69, 9.17) is 23.2 Å². The van der Waals surface area contributed by atoms with Crippen molar-refractivity contribution in [3.63, 3.8) is 0 Å². The molecule has 0 aliphatic rings. The van der Waals surface area contributed by atoms with Gasteiger partial charge in [-0.25, -0.2) is 0 Å². The Morgan fingerprint density at radius 3 is 2.41 bits per heavy atom. The molecule has 1 aromatic heterocycles. The molecule has 0 aliphatic heterocycles. The Morgan fingerprint density at radius 1 is 1.03 bits per heavy atom. The van der Waals surface area contributed by atoms with E-state index < -0.39 is 0 Å². The van der Waals surface area contributed by atoms with Gasteiger partial charge in [0.05, 0.1) is 0 Å². The van der Waals surface area contributed by atoms with Gasteiger partial charge in [0.2, 0.25) is 0 Å². The molecule has 0 unspecified atom stereocenters. The maximum atomic E-state index is 12.8. The van der Waals surface area contributed by atoms with Gasteiger partial charge in [0.1, 0.15) is 5.70 Å². The maximum absolute atomic E-state index is 12.8. The van der Waals surface area contributed by atoms with Gasteiger partial charge in [-0.05, 0) is 54.3 Å². The number of benzene rings is 2. The van der Waals surface area contributed by atoms with E-state index in [9.17, 15) is 9.59 Å². The number of amides is 2. The van der Waals surface area contributed by atoms with Crippen LogP contribution < -0.4 is 10.6 Å². The van der Waals surface area contributed by atoms with Crippen molar-refractivity contribution in [3.05, 3.63) is 97.3 Å². The van der Waals surface area contributed by atoms with Crippen LogP contribution in [0.3, 0.4) is 0 Å². The average Bonchev–Trinajstić information content (AvgIpc) is 3.28. The number of thiophene rings is 1. The van der Waals surface area contributed by atoms with E-state index in [1.165, 1.54) is 11.3 Å². The average molecular weight is 505 g/mol. The van der Waals surface area contributed by atoms with Gasteiger partial charge in [0, 0.05) is 38.5 Å². The number of thioether (sulfide) groups is 1. The van der Waals surface area contributed by atoms with Crippen molar-refractivity contribution in [3.8, 4) is 0 Å². The Kier molecular flexibility index (Phi) is 9.23. The largest absolute Gasteiger partial charge is 0.350 e. The van der Waals surface area contributed by atoms with Gasteiger partial charge in [-0.2, -0.15) is 11.8 Å². The molecule has 0 saturated heterocycles. The predicted octanol–water partition coefficient (Wildman–Crippen LogP) is 6.18. The van der Waals surface area contributed by atoms with E-state index in [0.717, 1.165) is 16.0 Å². The van der Waals surface area contributed by atoms with E-state index in [1.54, 1.807) is 30.0 Å².